The van der Waals surface area contributed by atoms with Gasteiger partial charge in [0.15, 0.2) is 0 Å². The molecule has 5 nitrogen and oxygen atoms in total. The Morgan fingerprint density at radius 2 is 1.80 bits per heavy atom. The van der Waals surface area contributed by atoms with Gasteiger partial charge in [-0.05, 0) is 31.6 Å². The lowest BCUT2D eigenvalue weighted by molar-refractivity contribution is -0.145. The molecular formula is C15H25NO4. The molecule has 2 fully saturated rings. The summed E-state index contributed by atoms with van der Waals surface area (Å²) in [5.41, 5.74) is 0. The van der Waals surface area contributed by atoms with Gasteiger partial charge in [-0.1, -0.05) is 13.8 Å². The maximum atomic E-state index is 12.7. The number of carboxylic acids is 1. The maximum absolute atomic E-state index is 12.7. The second kappa shape index (κ2) is 6.57. The van der Waals surface area contributed by atoms with Gasteiger partial charge in [0.05, 0.1) is 5.92 Å². The minimum atomic E-state index is -0.831. The van der Waals surface area contributed by atoms with E-state index in [1.165, 1.54) is 0 Å². The molecule has 1 saturated heterocycles. The largest absolute Gasteiger partial charge is 0.481 e. The van der Waals surface area contributed by atoms with Crippen molar-refractivity contribution in [3.05, 3.63) is 0 Å². The monoisotopic (exact) mass is 283 g/mol. The molecule has 0 aromatic heterocycles. The van der Waals surface area contributed by atoms with Gasteiger partial charge in [-0.2, -0.15) is 0 Å². The van der Waals surface area contributed by atoms with E-state index in [2.05, 4.69) is 0 Å². The van der Waals surface area contributed by atoms with Crippen LogP contribution < -0.4 is 0 Å². The predicted octanol–water partition coefficient (Wildman–Crippen LogP) is 1.76. The Kier molecular flexibility index (Phi) is 5.02. The van der Waals surface area contributed by atoms with Gasteiger partial charge in [0, 0.05) is 31.7 Å². The van der Waals surface area contributed by atoms with Gasteiger partial charge in [0.1, 0.15) is 0 Å². The Morgan fingerprint density at radius 1 is 1.20 bits per heavy atom. The van der Waals surface area contributed by atoms with E-state index in [1.807, 2.05) is 11.8 Å². The zero-order valence-electron chi connectivity index (χ0n) is 12.4. The highest BCUT2D eigenvalue weighted by Gasteiger charge is 2.38. The SMILES string of the molecule is CC(CN(C(=O)C(C)C1CCOCC1)C1CC1)C(=O)O. The van der Waals surface area contributed by atoms with Crippen molar-refractivity contribution < 1.29 is 19.4 Å². The summed E-state index contributed by atoms with van der Waals surface area (Å²) in [6, 6.07) is 0.270. The van der Waals surface area contributed by atoms with E-state index >= 15 is 0 Å². The number of carbonyl (C=O) groups is 2. The molecule has 1 N–H and O–H groups in total. The first-order valence-corrected chi connectivity index (χ1v) is 7.61. The zero-order chi connectivity index (χ0) is 14.7. The summed E-state index contributed by atoms with van der Waals surface area (Å²) in [6.45, 7) is 5.46. The molecule has 2 rings (SSSR count). The summed E-state index contributed by atoms with van der Waals surface area (Å²) in [5.74, 6) is -0.853. The predicted molar refractivity (Wildman–Crippen MR) is 74.2 cm³/mol. The molecule has 1 saturated carbocycles. The van der Waals surface area contributed by atoms with Crippen molar-refractivity contribution >= 4 is 11.9 Å². The third-order valence-corrected chi connectivity index (χ3v) is 4.53. The molecule has 2 atom stereocenters. The molecule has 5 heteroatoms. The van der Waals surface area contributed by atoms with Crippen LogP contribution in [0.1, 0.15) is 39.5 Å². The molecule has 0 radical (unpaired) electrons. The summed E-state index contributed by atoms with van der Waals surface area (Å²) in [4.78, 5) is 25.5. The number of carboxylic acid groups (broad SMARTS) is 1. The number of rotatable bonds is 6. The Hall–Kier alpha value is -1.10. The van der Waals surface area contributed by atoms with Crippen molar-refractivity contribution in [2.45, 2.75) is 45.6 Å². The highest BCUT2D eigenvalue weighted by molar-refractivity contribution is 5.80. The quantitative estimate of drug-likeness (QED) is 0.806. The van der Waals surface area contributed by atoms with E-state index in [0.29, 0.717) is 12.5 Å². The fourth-order valence-electron chi connectivity index (χ4n) is 2.86. The van der Waals surface area contributed by atoms with Crippen molar-refractivity contribution in [3.63, 3.8) is 0 Å². The van der Waals surface area contributed by atoms with Crippen LogP contribution in [0.15, 0.2) is 0 Å². The lowest BCUT2D eigenvalue weighted by atomic mass is 9.86. The van der Waals surface area contributed by atoms with Crippen molar-refractivity contribution in [2.75, 3.05) is 19.8 Å². The Morgan fingerprint density at radius 3 is 2.30 bits per heavy atom. The van der Waals surface area contributed by atoms with Crippen molar-refractivity contribution in [1.82, 2.24) is 4.90 Å². The van der Waals surface area contributed by atoms with Crippen LogP contribution in [0.5, 0.6) is 0 Å². The Labute approximate surface area is 120 Å². The molecular weight excluding hydrogens is 258 g/mol. The number of nitrogens with zero attached hydrogens (tertiary/aromatic N) is 1. The smallest absolute Gasteiger partial charge is 0.308 e. The van der Waals surface area contributed by atoms with Crippen LogP contribution in [0, 0.1) is 17.8 Å². The number of carbonyl (C=O) groups excluding carboxylic acids is 1. The third kappa shape index (κ3) is 3.72. The minimum Gasteiger partial charge on any atom is -0.481 e. The van der Waals surface area contributed by atoms with Crippen LogP contribution in [0.25, 0.3) is 0 Å². The number of ether oxygens (including phenoxy) is 1. The molecule has 1 aliphatic carbocycles. The Bertz CT molecular complexity index is 361. The van der Waals surface area contributed by atoms with E-state index in [4.69, 9.17) is 9.84 Å². The van der Waals surface area contributed by atoms with Crippen LogP contribution in [0.2, 0.25) is 0 Å². The molecule has 114 valence electrons. The maximum Gasteiger partial charge on any atom is 0.308 e. The lowest BCUT2D eigenvalue weighted by Crippen LogP contribution is -2.43. The van der Waals surface area contributed by atoms with Gasteiger partial charge in [-0.15, -0.1) is 0 Å². The number of hydrogen-bond donors (Lipinski definition) is 1. The van der Waals surface area contributed by atoms with Crippen molar-refractivity contribution in [2.24, 2.45) is 17.8 Å². The summed E-state index contributed by atoms with van der Waals surface area (Å²) in [7, 11) is 0. The molecule has 0 spiro atoms. The summed E-state index contributed by atoms with van der Waals surface area (Å²) < 4.78 is 5.34. The first-order chi connectivity index (χ1) is 9.50. The topological polar surface area (TPSA) is 66.8 Å². The van der Waals surface area contributed by atoms with Gasteiger partial charge in [0.2, 0.25) is 5.91 Å². The Balaban J connectivity index is 1.97. The summed E-state index contributed by atoms with van der Waals surface area (Å²) in [6.07, 6.45) is 3.89. The second-order valence-electron chi connectivity index (χ2n) is 6.20. The molecule has 0 bridgehead atoms. The first kappa shape index (κ1) is 15.3. The average Bonchev–Trinajstić information content (AvgIpc) is 3.28. The molecule has 1 aliphatic heterocycles. The van der Waals surface area contributed by atoms with E-state index in [1.54, 1.807) is 6.92 Å². The molecule has 1 heterocycles. The van der Waals surface area contributed by atoms with Gasteiger partial charge >= 0.3 is 5.97 Å². The third-order valence-electron chi connectivity index (χ3n) is 4.53. The van der Waals surface area contributed by atoms with Crippen molar-refractivity contribution in [1.29, 1.82) is 0 Å². The van der Waals surface area contributed by atoms with Crippen LogP contribution in [0.3, 0.4) is 0 Å². The normalized spacial score (nSPS) is 23.1. The highest BCUT2D eigenvalue weighted by Crippen LogP contribution is 2.32. The minimum absolute atomic E-state index is 0.0273. The van der Waals surface area contributed by atoms with Gasteiger partial charge in [-0.25, -0.2) is 0 Å². The van der Waals surface area contributed by atoms with Crippen LogP contribution in [-0.4, -0.2) is 47.7 Å². The second-order valence-corrected chi connectivity index (χ2v) is 6.20. The fourth-order valence-corrected chi connectivity index (χ4v) is 2.86. The lowest BCUT2D eigenvalue weighted by Gasteiger charge is -2.32. The number of amides is 1. The van der Waals surface area contributed by atoms with Crippen LogP contribution in [-0.2, 0) is 14.3 Å². The number of hydrogen-bond acceptors (Lipinski definition) is 3. The van der Waals surface area contributed by atoms with E-state index in [-0.39, 0.29) is 17.9 Å². The average molecular weight is 283 g/mol. The molecule has 0 aromatic rings. The van der Waals surface area contributed by atoms with Crippen LogP contribution >= 0.6 is 0 Å². The van der Waals surface area contributed by atoms with E-state index < -0.39 is 11.9 Å². The molecule has 20 heavy (non-hydrogen) atoms. The molecule has 2 unspecified atom stereocenters. The van der Waals surface area contributed by atoms with Gasteiger partial charge in [0.25, 0.3) is 0 Å². The fraction of sp³-hybridized carbons (Fsp3) is 0.867. The first-order valence-electron chi connectivity index (χ1n) is 7.61. The molecule has 1 amide bonds. The standard InChI is InChI=1S/C15H25NO4/c1-10(15(18)19)9-16(13-3-4-13)14(17)11(2)12-5-7-20-8-6-12/h10-13H,3-9H2,1-2H3,(H,18,19). The summed E-state index contributed by atoms with van der Waals surface area (Å²) >= 11 is 0. The number of aliphatic carboxylic acids is 1. The van der Waals surface area contributed by atoms with Gasteiger partial charge in [-0.3, -0.25) is 9.59 Å². The summed E-state index contributed by atoms with van der Waals surface area (Å²) in [5, 5.41) is 9.05. The molecule has 0 aromatic carbocycles. The molecule has 2 aliphatic rings. The van der Waals surface area contributed by atoms with E-state index in [0.717, 1.165) is 38.9 Å². The zero-order valence-corrected chi connectivity index (χ0v) is 12.4. The van der Waals surface area contributed by atoms with Gasteiger partial charge < -0.3 is 14.7 Å². The van der Waals surface area contributed by atoms with Crippen molar-refractivity contribution in [3.8, 4) is 0 Å². The highest BCUT2D eigenvalue weighted by atomic mass is 16.5. The van der Waals surface area contributed by atoms with Crippen LogP contribution in [0.4, 0.5) is 0 Å². The van der Waals surface area contributed by atoms with E-state index in [9.17, 15) is 9.59 Å².